The lowest BCUT2D eigenvalue weighted by Gasteiger charge is -2.42. The Labute approximate surface area is 202 Å². The molecule has 1 amide bonds. The average molecular weight is 481 g/mol. The van der Waals surface area contributed by atoms with Gasteiger partial charge in [-0.3, -0.25) is 14.3 Å². The Kier molecular flexibility index (Phi) is 4.87. The molecule has 0 spiro atoms. The fraction of sp³-hybridized carbons (Fsp3) is 0.500. The van der Waals surface area contributed by atoms with E-state index in [1.807, 2.05) is 24.7 Å². The summed E-state index contributed by atoms with van der Waals surface area (Å²) < 4.78 is 28.6. The first kappa shape index (κ1) is 22.3. The molecule has 184 valence electrons. The van der Waals surface area contributed by atoms with Gasteiger partial charge in [0.1, 0.15) is 23.7 Å². The van der Waals surface area contributed by atoms with Crippen LogP contribution in [0.15, 0.2) is 41.5 Å². The van der Waals surface area contributed by atoms with Gasteiger partial charge in [0.15, 0.2) is 0 Å². The second-order valence-electron chi connectivity index (χ2n) is 10.7. The fourth-order valence-electron chi connectivity index (χ4n) is 5.57. The van der Waals surface area contributed by atoms with E-state index in [1.165, 1.54) is 0 Å². The number of nitrogens with one attached hydrogen (secondary N) is 1. The Balaban J connectivity index is 1.34. The van der Waals surface area contributed by atoms with Crippen LogP contribution in [0.1, 0.15) is 56.4 Å². The topological polar surface area (TPSA) is 87.4 Å². The summed E-state index contributed by atoms with van der Waals surface area (Å²) in [7, 11) is 0. The Morgan fingerprint density at radius 3 is 2.80 bits per heavy atom. The number of nitrogens with zero attached hydrogens (tertiary/aromatic N) is 3. The number of anilines is 1. The van der Waals surface area contributed by atoms with Crippen molar-refractivity contribution >= 4 is 22.5 Å². The SMILES string of the molecule is CC(C)Oc1cc2nn(C34COC(CF)(C3)C4)cc2cc1C(=O)Nc1cccn([C@H]2C[C@@H]2C)c1=O. The second kappa shape index (κ2) is 7.65. The van der Waals surface area contributed by atoms with Crippen molar-refractivity contribution in [3.63, 3.8) is 0 Å². The highest BCUT2D eigenvalue weighted by atomic mass is 19.1. The molecule has 7 rings (SSSR count). The lowest BCUT2D eigenvalue weighted by Crippen LogP contribution is -2.52. The van der Waals surface area contributed by atoms with Crippen molar-refractivity contribution in [3.8, 4) is 5.75 Å². The summed E-state index contributed by atoms with van der Waals surface area (Å²) in [5.41, 5.74) is 0.0182. The minimum Gasteiger partial charge on any atom is -0.490 e. The van der Waals surface area contributed by atoms with Crippen LogP contribution in [0, 0.1) is 5.92 Å². The number of ether oxygens (including phenoxy) is 2. The van der Waals surface area contributed by atoms with Crippen LogP contribution in [0.3, 0.4) is 0 Å². The summed E-state index contributed by atoms with van der Waals surface area (Å²) in [6.45, 7) is 5.81. The number of benzene rings is 1. The molecule has 2 atom stereocenters. The molecule has 2 saturated heterocycles. The molecule has 0 radical (unpaired) electrons. The molecule has 9 heteroatoms. The van der Waals surface area contributed by atoms with Gasteiger partial charge >= 0.3 is 0 Å². The number of pyridine rings is 1. The molecule has 4 heterocycles. The lowest BCUT2D eigenvalue weighted by atomic mass is 9.69. The van der Waals surface area contributed by atoms with Gasteiger partial charge in [0.25, 0.3) is 11.5 Å². The molecule has 35 heavy (non-hydrogen) atoms. The van der Waals surface area contributed by atoms with Crippen LogP contribution in [0.25, 0.3) is 10.9 Å². The van der Waals surface area contributed by atoms with E-state index in [9.17, 15) is 14.0 Å². The van der Waals surface area contributed by atoms with Gasteiger partial charge in [-0.1, -0.05) is 6.92 Å². The van der Waals surface area contributed by atoms with Crippen molar-refractivity contribution in [2.75, 3.05) is 18.6 Å². The zero-order valence-corrected chi connectivity index (χ0v) is 20.1. The molecule has 1 N–H and O–H groups in total. The molecule has 4 fully saturated rings. The molecule has 3 aromatic rings. The van der Waals surface area contributed by atoms with E-state index in [-0.39, 0.29) is 28.9 Å². The molecule has 2 aliphatic carbocycles. The lowest BCUT2D eigenvalue weighted by molar-refractivity contribution is -0.0336. The number of carbonyl (C=O) groups excluding carboxylic acids is 1. The quantitative estimate of drug-likeness (QED) is 0.551. The van der Waals surface area contributed by atoms with Gasteiger partial charge in [-0.05, 0) is 44.4 Å². The van der Waals surface area contributed by atoms with Gasteiger partial charge in [0.2, 0.25) is 0 Å². The van der Waals surface area contributed by atoms with Crippen LogP contribution >= 0.6 is 0 Å². The van der Waals surface area contributed by atoms with Crippen LogP contribution in [0.4, 0.5) is 10.1 Å². The van der Waals surface area contributed by atoms with E-state index in [0.717, 1.165) is 11.8 Å². The maximum atomic E-state index is 13.4. The molecule has 2 saturated carbocycles. The number of carbonyl (C=O) groups is 1. The Hall–Kier alpha value is -3.20. The van der Waals surface area contributed by atoms with Crippen molar-refractivity contribution < 1.29 is 18.7 Å². The fourth-order valence-corrected chi connectivity index (χ4v) is 5.57. The zero-order valence-electron chi connectivity index (χ0n) is 20.1. The van der Waals surface area contributed by atoms with Crippen molar-refractivity contribution in [1.82, 2.24) is 14.3 Å². The smallest absolute Gasteiger partial charge is 0.274 e. The molecule has 2 bridgehead atoms. The highest BCUT2D eigenvalue weighted by Gasteiger charge is 2.64. The summed E-state index contributed by atoms with van der Waals surface area (Å²) in [5.74, 6) is 0.435. The first-order chi connectivity index (χ1) is 16.7. The van der Waals surface area contributed by atoms with Crippen LogP contribution < -0.4 is 15.6 Å². The third kappa shape index (κ3) is 3.55. The van der Waals surface area contributed by atoms with Crippen LogP contribution in [0.5, 0.6) is 5.75 Å². The van der Waals surface area contributed by atoms with Gasteiger partial charge in [-0.2, -0.15) is 5.10 Å². The number of aromatic nitrogens is 3. The molecule has 2 aromatic heterocycles. The highest BCUT2D eigenvalue weighted by molar-refractivity contribution is 6.08. The Morgan fingerprint density at radius 1 is 1.37 bits per heavy atom. The summed E-state index contributed by atoms with van der Waals surface area (Å²) in [6.07, 6.45) is 5.63. The second-order valence-corrected chi connectivity index (χ2v) is 10.7. The van der Waals surface area contributed by atoms with E-state index in [1.54, 1.807) is 35.0 Å². The van der Waals surface area contributed by atoms with E-state index < -0.39 is 18.2 Å². The zero-order chi connectivity index (χ0) is 24.5. The molecule has 4 aliphatic rings. The number of amides is 1. The van der Waals surface area contributed by atoms with Crippen molar-refractivity contribution in [2.45, 2.75) is 63.3 Å². The molecule has 0 unspecified atom stereocenters. The molecule has 2 aliphatic heterocycles. The van der Waals surface area contributed by atoms with Gasteiger partial charge in [0.05, 0.1) is 29.3 Å². The number of halogens is 1. The number of fused-ring (bicyclic) bond motifs is 2. The molecular formula is C26H29FN4O4. The summed E-state index contributed by atoms with van der Waals surface area (Å²) >= 11 is 0. The summed E-state index contributed by atoms with van der Waals surface area (Å²) in [5, 5.41) is 8.29. The van der Waals surface area contributed by atoms with E-state index >= 15 is 0 Å². The predicted molar refractivity (Wildman–Crippen MR) is 129 cm³/mol. The number of hydrogen-bond donors (Lipinski definition) is 1. The Bertz CT molecular complexity index is 1390. The van der Waals surface area contributed by atoms with Crippen molar-refractivity contribution in [3.05, 3.63) is 52.6 Å². The minimum absolute atomic E-state index is 0.162. The standard InChI is InChI=1S/C26H29FN4O4/c1-15(2)35-22-9-20-17(10-31(29-20)25-11-26(12-25,13-27)34-14-25)8-18(22)23(32)28-19-5-4-6-30(24(19)33)21-7-16(21)3/h4-6,8-10,15-16,21H,7,11-14H2,1-3H3,(H,28,32)/t16-,21-,25?,26?/m0/s1. The highest BCUT2D eigenvalue weighted by Crippen LogP contribution is 2.56. The summed E-state index contributed by atoms with van der Waals surface area (Å²) in [4.78, 5) is 26.3. The largest absolute Gasteiger partial charge is 0.490 e. The monoisotopic (exact) mass is 480 g/mol. The minimum atomic E-state index is -0.671. The van der Waals surface area contributed by atoms with E-state index in [2.05, 4.69) is 12.2 Å². The first-order valence-electron chi connectivity index (χ1n) is 12.2. The number of rotatable bonds is 7. The van der Waals surface area contributed by atoms with Gasteiger partial charge in [0, 0.05) is 42.7 Å². The predicted octanol–water partition coefficient (Wildman–Crippen LogP) is 4.05. The average Bonchev–Trinajstić information content (AvgIpc) is 3.16. The van der Waals surface area contributed by atoms with Gasteiger partial charge < -0.3 is 19.4 Å². The number of hydrogen-bond acceptors (Lipinski definition) is 5. The van der Waals surface area contributed by atoms with Crippen LogP contribution in [-0.4, -0.2) is 45.2 Å². The van der Waals surface area contributed by atoms with E-state index in [4.69, 9.17) is 14.6 Å². The summed E-state index contributed by atoms with van der Waals surface area (Å²) in [6, 6.07) is 7.08. The van der Waals surface area contributed by atoms with Crippen molar-refractivity contribution in [1.29, 1.82) is 0 Å². The van der Waals surface area contributed by atoms with Crippen LogP contribution in [-0.2, 0) is 10.3 Å². The third-order valence-corrected chi connectivity index (χ3v) is 7.54. The number of alkyl halides is 1. The van der Waals surface area contributed by atoms with Crippen LogP contribution in [0.2, 0.25) is 0 Å². The maximum Gasteiger partial charge on any atom is 0.274 e. The maximum absolute atomic E-state index is 13.4. The van der Waals surface area contributed by atoms with Gasteiger partial charge in [-0.25, -0.2) is 4.39 Å². The van der Waals surface area contributed by atoms with Gasteiger partial charge in [-0.15, -0.1) is 0 Å². The van der Waals surface area contributed by atoms with Crippen molar-refractivity contribution in [2.24, 2.45) is 5.92 Å². The molecule has 1 aromatic carbocycles. The molecular weight excluding hydrogens is 451 g/mol. The third-order valence-electron chi connectivity index (χ3n) is 7.54. The normalized spacial score (nSPS) is 28.8. The molecule has 8 nitrogen and oxygen atoms in total. The first-order valence-corrected chi connectivity index (χ1v) is 12.2. The van der Waals surface area contributed by atoms with E-state index in [0.29, 0.717) is 42.2 Å². The Morgan fingerprint density at radius 2 is 2.14 bits per heavy atom.